The number of halogens is 1. The lowest BCUT2D eigenvalue weighted by atomic mass is 9.98. The van der Waals surface area contributed by atoms with Gasteiger partial charge in [-0.15, -0.1) is 5.10 Å². The molecule has 0 saturated carbocycles. The molecule has 0 spiro atoms. The van der Waals surface area contributed by atoms with Crippen molar-refractivity contribution < 1.29 is 0 Å². The molecule has 1 saturated heterocycles. The molecule has 1 aromatic rings. The van der Waals surface area contributed by atoms with E-state index in [1.165, 1.54) is 12.8 Å². The van der Waals surface area contributed by atoms with Gasteiger partial charge in [0.25, 0.3) is 0 Å². The minimum Gasteiger partial charge on any atom is -0.317 e. The second-order valence-electron chi connectivity index (χ2n) is 3.32. The Morgan fingerprint density at radius 2 is 2.23 bits per heavy atom. The highest BCUT2D eigenvalue weighted by Gasteiger charge is 2.15. The summed E-state index contributed by atoms with van der Waals surface area (Å²) in [6.07, 6.45) is 2.43. The summed E-state index contributed by atoms with van der Waals surface area (Å²) in [6.45, 7) is 3.16. The molecule has 2 rings (SSSR count). The summed E-state index contributed by atoms with van der Waals surface area (Å²) in [4.78, 5) is 0. The van der Waals surface area contributed by atoms with Crippen LogP contribution in [0.3, 0.4) is 0 Å². The molecule has 1 N–H and O–H groups in total. The summed E-state index contributed by atoms with van der Waals surface area (Å²) in [7, 11) is 0. The number of rotatable bonds is 2. The van der Waals surface area contributed by atoms with E-state index in [4.69, 9.17) is 0 Å². The Balaban J connectivity index is 1.93. The molecule has 1 aromatic heterocycles. The molecular weight excluding hydrogens is 234 g/mol. The molecule has 0 amide bonds. The molecule has 0 atom stereocenters. The number of tetrazole rings is 1. The van der Waals surface area contributed by atoms with Crippen LogP contribution in [0.4, 0.5) is 0 Å². The fourth-order valence-corrected chi connectivity index (χ4v) is 1.90. The van der Waals surface area contributed by atoms with Gasteiger partial charge >= 0.3 is 0 Å². The third-order valence-electron chi connectivity index (χ3n) is 2.38. The third-order valence-corrected chi connectivity index (χ3v) is 2.95. The van der Waals surface area contributed by atoms with Crippen LogP contribution in [-0.4, -0.2) is 33.3 Å². The monoisotopic (exact) mass is 245 g/mol. The first-order valence-corrected chi connectivity index (χ1v) is 5.28. The van der Waals surface area contributed by atoms with E-state index in [0.717, 1.165) is 24.4 Å². The predicted octanol–water partition coefficient (Wildman–Crippen LogP) is 0.435. The van der Waals surface area contributed by atoms with E-state index in [2.05, 4.69) is 36.8 Å². The van der Waals surface area contributed by atoms with Crippen LogP contribution in [0.25, 0.3) is 0 Å². The smallest absolute Gasteiger partial charge is 0.218 e. The molecule has 2 heterocycles. The van der Waals surface area contributed by atoms with Crippen molar-refractivity contribution in [2.45, 2.75) is 19.4 Å². The first-order valence-electron chi connectivity index (χ1n) is 4.48. The van der Waals surface area contributed by atoms with Crippen molar-refractivity contribution in [2.24, 2.45) is 5.92 Å². The van der Waals surface area contributed by atoms with Crippen molar-refractivity contribution in [3.05, 3.63) is 4.73 Å². The number of nitrogens with one attached hydrogen (secondary N) is 1. The van der Waals surface area contributed by atoms with E-state index in [1.807, 2.05) is 4.68 Å². The number of nitrogens with zero attached hydrogens (tertiary/aromatic N) is 4. The van der Waals surface area contributed by atoms with Gasteiger partial charge < -0.3 is 5.32 Å². The standard InChI is InChI=1S/C7H12BrN5/c8-7-10-11-12-13(7)5-6-1-3-9-4-2-6/h6,9H,1-5H2. The normalized spacial score (nSPS) is 19.2. The first kappa shape index (κ1) is 9.08. The quantitative estimate of drug-likeness (QED) is 0.822. The van der Waals surface area contributed by atoms with Gasteiger partial charge in [-0.05, 0) is 58.2 Å². The molecule has 1 fully saturated rings. The van der Waals surface area contributed by atoms with Crippen molar-refractivity contribution in [1.29, 1.82) is 0 Å². The van der Waals surface area contributed by atoms with Crippen LogP contribution in [0, 0.1) is 5.92 Å². The van der Waals surface area contributed by atoms with E-state index in [9.17, 15) is 0 Å². The molecule has 0 aliphatic carbocycles. The first-order chi connectivity index (χ1) is 6.36. The topological polar surface area (TPSA) is 55.6 Å². The highest BCUT2D eigenvalue weighted by molar-refractivity contribution is 9.10. The zero-order valence-corrected chi connectivity index (χ0v) is 8.87. The minimum atomic E-state index is 0.709. The Labute approximate surface area is 85.0 Å². The SMILES string of the molecule is Brc1nnnn1CC1CCNCC1. The van der Waals surface area contributed by atoms with Crippen LogP contribution in [0.2, 0.25) is 0 Å². The van der Waals surface area contributed by atoms with Gasteiger partial charge in [-0.25, -0.2) is 4.68 Å². The third kappa shape index (κ3) is 2.25. The van der Waals surface area contributed by atoms with Crippen LogP contribution in [0.1, 0.15) is 12.8 Å². The molecule has 1 aliphatic heterocycles. The molecule has 0 radical (unpaired) electrons. The fraction of sp³-hybridized carbons (Fsp3) is 0.857. The van der Waals surface area contributed by atoms with Crippen molar-refractivity contribution in [3.63, 3.8) is 0 Å². The lowest BCUT2D eigenvalue weighted by Crippen LogP contribution is -2.30. The number of hydrogen-bond donors (Lipinski definition) is 1. The molecule has 72 valence electrons. The highest BCUT2D eigenvalue weighted by Crippen LogP contribution is 2.15. The Kier molecular flexibility index (Phi) is 2.90. The van der Waals surface area contributed by atoms with E-state index in [0.29, 0.717) is 5.92 Å². The molecule has 1 aliphatic rings. The lowest BCUT2D eigenvalue weighted by Gasteiger charge is -2.21. The fourth-order valence-electron chi connectivity index (χ4n) is 1.61. The van der Waals surface area contributed by atoms with Gasteiger partial charge in [0.05, 0.1) is 0 Å². The summed E-state index contributed by atoms with van der Waals surface area (Å²) < 4.78 is 2.54. The Morgan fingerprint density at radius 3 is 2.85 bits per heavy atom. The van der Waals surface area contributed by atoms with Crippen LogP contribution in [0.15, 0.2) is 4.73 Å². The van der Waals surface area contributed by atoms with E-state index in [1.54, 1.807) is 0 Å². The Bertz CT molecular complexity index is 268. The van der Waals surface area contributed by atoms with E-state index >= 15 is 0 Å². The molecule has 0 bridgehead atoms. The summed E-state index contributed by atoms with van der Waals surface area (Å²) in [6, 6.07) is 0. The van der Waals surface area contributed by atoms with Gasteiger partial charge in [0, 0.05) is 6.54 Å². The van der Waals surface area contributed by atoms with Crippen molar-refractivity contribution in [2.75, 3.05) is 13.1 Å². The maximum Gasteiger partial charge on any atom is 0.218 e. The summed E-state index contributed by atoms with van der Waals surface area (Å²) in [5.74, 6) is 0.709. The molecular formula is C7H12BrN5. The molecule has 13 heavy (non-hydrogen) atoms. The van der Waals surface area contributed by atoms with E-state index in [-0.39, 0.29) is 0 Å². The van der Waals surface area contributed by atoms with Crippen molar-refractivity contribution in [1.82, 2.24) is 25.5 Å². The van der Waals surface area contributed by atoms with Gasteiger partial charge in [0.1, 0.15) is 0 Å². The van der Waals surface area contributed by atoms with Crippen LogP contribution >= 0.6 is 15.9 Å². The number of piperidine rings is 1. The van der Waals surface area contributed by atoms with Crippen molar-refractivity contribution in [3.8, 4) is 0 Å². The Morgan fingerprint density at radius 1 is 1.46 bits per heavy atom. The second-order valence-corrected chi connectivity index (χ2v) is 4.03. The van der Waals surface area contributed by atoms with Crippen LogP contribution in [0.5, 0.6) is 0 Å². The van der Waals surface area contributed by atoms with Gasteiger partial charge in [-0.1, -0.05) is 0 Å². The molecule has 0 unspecified atom stereocenters. The average Bonchev–Trinajstić information content (AvgIpc) is 2.54. The van der Waals surface area contributed by atoms with Gasteiger partial charge in [-0.2, -0.15) is 0 Å². The molecule has 0 aromatic carbocycles. The van der Waals surface area contributed by atoms with Crippen molar-refractivity contribution >= 4 is 15.9 Å². The number of hydrogen-bond acceptors (Lipinski definition) is 4. The van der Waals surface area contributed by atoms with Crippen LogP contribution in [-0.2, 0) is 6.54 Å². The van der Waals surface area contributed by atoms with E-state index < -0.39 is 0 Å². The average molecular weight is 246 g/mol. The molecule has 5 nitrogen and oxygen atoms in total. The zero-order valence-electron chi connectivity index (χ0n) is 7.28. The Hall–Kier alpha value is -0.490. The summed E-state index contributed by atoms with van der Waals surface area (Å²) in [5.41, 5.74) is 0. The maximum atomic E-state index is 3.90. The molecule has 6 heteroatoms. The largest absolute Gasteiger partial charge is 0.317 e. The summed E-state index contributed by atoms with van der Waals surface area (Å²) >= 11 is 3.30. The van der Waals surface area contributed by atoms with Gasteiger partial charge in [0.15, 0.2) is 0 Å². The van der Waals surface area contributed by atoms with Gasteiger partial charge in [-0.3, -0.25) is 0 Å². The summed E-state index contributed by atoms with van der Waals surface area (Å²) in [5, 5.41) is 14.6. The maximum absolute atomic E-state index is 3.90. The lowest BCUT2D eigenvalue weighted by molar-refractivity contribution is 0.316. The number of aromatic nitrogens is 4. The van der Waals surface area contributed by atoms with Crippen LogP contribution < -0.4 is 5.32 Å². The highest BCUT2D eigenvalue weighted by atomic mass is 79.9. The second kappa shape index (κ2) is 4.15. The predicted molar refractivity (Wildman–Crippen MR) is 51.1 cm³/mol. The van der Waals surface area contributed by atoms with Gasteiger partial charge in [0.2, 0.25) is 4.73 Å². The minimum absolute atomic E-state index is 0.709. The zero-order chi connectivity index (χ0) is 9.10.